The first-order chi connectivity index (χ1) is 8.49. The van der Waals surface area contributed by atoms with Crippen molar-refractivity contribution < 1.29 is 4.79 Å². The Kier molecular flexibility index (Phi) is 4.08. The van der Waals surface area contributed by atoms with E-state index in [0.717, 1.165) is 18.4 Å². The molecule has 1 saturated carbocycles. The van der Waals surface area contributed by atoms with E-state index in [1.54, 1.807) is 12.1 Å². The molecule has 1 aliphatic carbocycles. The van der Waals surface area contributed by atoms with Gasteiger partial charge in [0, 0.05) is 17.1 Å². The first-order valence-electron chi connectivity index (χ1n) is 6.49. The van der Waals surface area contributed by atoms with Gasteiger partial charge in [-0.15, -0.1) is 0 Å². The third kappa shape index (κ3) is 3.12. The van der Waals surface area contributed by atoms with E-state index in [1.165, 1.54) is 6.42 Å². The summed E-state index contributed by atoms with van der Waals surface area (Å²) in [5, 5.41) is 0.617. The topological polar surface area (TPSA) is 20.3 Å². The number of hydrogen-bond acceptors (Lipinski definition) is 2. The summed E-state index contributed by atoms with van der Waals surface area (Å²) in [6.45, 7) is 5.24. The van der Waals surface area contributed by atoms with E-state index < -0.39 is 0 Å². The number of rotatable bonds is 5. The number of halogens is 1. The first kappa shape index (κ1) is 13.6. The van der Waals surface area contributed by atoms with Crippen molar-refractivity contribution in [3.05, 3.63) is 34.9 Å². The molecule has 3 atom stereocenters. The summed E-state index contributed by atoms with van der Waals surface area (Å²) in [5.41, 5.74) is 0.700. The van der Waals surface area contributed by atoms with Crippen LogP contribution in [0.2, 0.25) is 5.02 Å². The van der Waals surface area contributed by atoms with Gasteiger partial charge >= 0.3 is 0 Å². The lowest BCUT2D eigenvalue weighted by Crippen LogP contribution is -2.37. The maximum Gasteiger partial charge on any atom is 0.179 e. The van der Waals surface area contributed by atoms with Gasteiger partial charge in [0.15, 0.2) is 5.78 Å². The molecule has 0 aliphatic heterocycles. The van der Waals surface area contributed by atoms with Gasteiger partial charge in [-0.1, -0.05) is 30.7 Å². The molecule has 0 spiro atoms. The number of hydrogen-bond donors (Lipinski definition) is 0. The Labute approximate surface area is 114 Å². The summed E-state index contributed by atoms with van der Waals surface area (Å²) >= 11 is 5.92. The minimum Gasteiger partial charge on any atom is -0.296 e. The van der Waals surface area contributed by atoms with E-state index >= 15 is 0 Å². The maximum atomic E-state index is 12.3. The van der Waals surface area contributed by atoms with Gasteiger partial charge in [0.1, 0.15) is 0 Å². The Morgan fingerprint density at radius 2 is 2.22 bits per heavy atom. The zero-order valence-corrected chi connectivity index (χ0v) is 11.9. The molecule has 98 valence electrons. The van der Waals surface area contributed by atoms with Crippen LogP contribution in [-0.2, 0) is 0 Å². The minimum atomic E-state index is -0.0868. The van der Waals surface area contributed by atoms with Crippen molar-refractivity contribution >= 4 is 17.4 Å². The monoisotopic (exact) mass is 265 g/mol. The summed E-state index contributed by atoms with van der Waals surface area (Å²) in [7, 11) is 2.03. The third-order valence-electron chi connectivity index (χ3n) is 3.95. The lowest BCUT2D eigenvalue weighted by atomic mass is 10.0. The minimum absolute atomic E-state index is 0.0868. The SMILES string of the molecule is CC1CC1CN(C)C(C)C(=O)c1cccc(Cl)c1. The summed E-state index contributed by atoms with van der Waals surface area (Å²) in [5.74, 6) is 1.74. The summed E-state index contributed by atoms with van der Waals surface area (Å²) in [4.78, 5) is 14.5. The smallest absolute Gasteiger partial charge is 0.179 e. The second-order valence-corrected chi connectivity index (χ2v) is 5.90. The molecule has 3 heteroatoms. The fourth-order valence-corrected chi connectivity index (χ4v) is 2.45. The molecule has 3 unspecified atom stereocenters. The highest BCUT2D eigenvalue weighted by Gasteiger charge is 2.34. The molecule has 0 amide bonds. The Balaban J connectivity index is 1.99. The van der Waals surface area contributed by atoms with E-state index in [0.29, 0.717) is 10.6 Å². The van der Waals surface area contributed by atoms with Crippen molar-refractivity contribution in [2.45, 2.75) is 26.3 Å². The molecule has 0 radical (unpaired) electrons. The fourth-order valence-electron chi connectivity index (χ4n) is 2.26. The van der Waals surface area contributed by atoms with E-state index in [4.69, 9.17) is 11.6 Å². The first-order valence-corrected chi connectivity index (χ1v) is 6.87. The molecular weight excluding hydrogens is 246 g/mol. The molecule has 18 heavy (non-hydrogen) atoms. The predicted molar refractivity (Wildman–Crippen MR) is 75.1 cm³/mol. The molecule has 0 N–H and O–H groups in total. The molecule has 1 aromatic carbocycles. The van der Waals surface area contributed by atoms with Gasteiger partial charge in [0.05, 0.1) is 6.04 Å². The van der Waals surface area contributed by atoms with E-state index in [-0.39, 0.29) is 11.8 Å². The Morgan fingerprint density at radius 3 is 2.78 bits per heavy atom. The highest BCUT2D eigenvalue weighted by Crippen LogP contribution is 2.38. The zero-order chi connectivity index (χ0) is 13.3. The Morgan fingerprint density at radius 1 is 1.56 bits per heavy atom. The van der Waals surface area contributed by atoms with Gasteiger partial charge in [0.2, 0.25) is 0 Å². The number of Topliss-reactive ketones (excluding diaryl/α,β-unsaturated/α-hetero) is 1. The van der Waals surface area contributed by atoms with Gasteiger partial charge < -0.3 is 0 Å². The van der Waals surface area contributed by atoms with Crippen LogP contribution in [0.1, 0.15) is 30.6 Å². The van der Waals surface area contributed by atoms with E-state index in [2.05, 4.69) is 11.8 Å². The molecule has 0 saturated heterocycles. The van der Waals surface area contributed by atoms with Crippen LogP contribution in [-0.4, -0.2) is 30.3 Å². The number of nitrogens with zero attached hydrogens (tertiary/aromatic N) is 1. The van der Waals surface area contributed by atoms with Crippen LogP contribution in [0.3, 0.4) is 0 Å². The largest absolute Gasteiger partial charge is 0.296 e. The number of carbonyl (C=O) groups is 1. The molecule has 0 aromatic heterocycles. The van der Waals surface area contributed by atoms with Crippen molar-refractivity contribution in [2.24, 2.45) is 11.8 Å². The maximum absolute atomic E-state index is 12.3. The average molecular weight is 266 g/mol. The molecular formula is C15H20ClNO. The lowest BCUT2D eigenvalue weighted by molar-refractivity contribution is 0.0863. The van der Waals surface area contributed by atoms with Gasteiger partial charge in [0.25, 0.3) is 0 Å². The molecule has 1 aromatic rings. The molecule has 1 aliphatic rings. The molecule has 0 bridgehead atoms. The van der Waals surface area contributed by atoms with E-state index in [9.17, 15) is 4.79 Å². The van der Waals surface area contributed by atoms with Crippen molar-refractivity contribution in [3.8, 4) is 0 Å². The van der Waals surface area contributed by atoms with Crippen molar-refractivity contribution in [2.75, 3.05) is 13.6 Å². The average Bonchev–Trinajstić information content (AvgIpc) is 3.03. The predicted octanol–water partition coefficient (Wildman–Crippen LogP) is 3.50. The van der Waals surface area contributed by atoms with Crippen LogP contribution < -0.4 is 0 Å². The molecule has 1 fully saturated rings. The lowest BCUT2D eigenvalue weighted by Gasteiger charge is -2.23. The molecule has 2 rings (SSSR count). The Hall–Kier alpha value is -0.860. The summed E-state index contributed by atoms with van der Waals surface area (Å²) < 4.78 is 0. The fraction of sp³-hybridized carbons (Fsp3) is 0.533. The number of benzene rings is 1. The van der Waals surface area contributed by atoms with Crippen molar-refractivity contribution in [3.63, 3.8) is 0 Å². The second kappa shape index (κ2) is 5.41. The number of carbonyl (C=O) groups excluding carboxylic acids is 1. The van der Waals surface area contributed by atoms with Crippen LogP contribution in [0.4, 0.5) is 0 Å². The molecule has 2 nitrogen and oxygen atoms in total. The van der Waals surface area contributed by atoms with Gasteiger partial charge in [-0.2, -0.15) is 0 Å². The summed E-state index contributed by atoms with van der Waals surface area (Å²) in [6, 6.07) is 7.10. The highest BCUT2D eigenvalue weighted by atomic mass is 35.5. The van der Waals surface area contributed by atoms with Gasteiger partial charge in [-0.05, 0) is 44.4 Å². The standard InChI is InChI=1S/C15H20ClNO/c1-10-7-13(10)9-17(3)11(2)15(18)12-5-4-6-14(16)8-12/h4-6,8,10-11,13H,7,9H2,1-3H3. The molecule has 0 heterocycles. The van der Waals surface area contributed by atoms with Crippen LogP contribution in [0, 0.1) is 11.8 Å². The number of ketones is 1. The van der Waals surface area contributed by atoms with Crippen LogP contribution in [0.25, 0.3) is 0 Å². The second-order valence-electron chi connectivity index (χ2n) is 5.46. The van der Waals surface area contributed by atoms with Gasteiger partial charge in [-0.25, -0.2) is 0 Å². The van der Waals surface area contributed by atoms with E-state index in [1.807, 2.05) is 26.1 Å². The van der Waals surface area contributed by atoms with Crippen molar-refractivity contribution in [1.29, 1.82) is 0 Å². The van der Waals surface area contributed by atoms with Crippen LogP contribution in [0.15, 0.2) is 24.3 Å². The Bertz CT molecular complexity index is 446. The van der Waals surface area contributed by atoms with Gasteiger partial charge in [-0.3, -0.25) is 9.69 Å². The third-order valence-corrected chi connectivity index (χ3v) is 4.18. The number of likely N-dealkylation sites (N-methyl/N-ethyl adjacent to an activating group) is 1. The van der Waals surface area contributed by atoms with Crippen molar-refractivity contribution in [1.82, 2.24) is 4.90 Å². The highest BCUT2D eigenvalue weighted by molar-refractivity contribution is 6.31. The van der Waals surface area contributed by atoms with Crippen LogP contribution >= 0.6 is 11.6 Å². The van der Waals surface area contributed by atoms with Crippen LogP contribution in [0.5, 0.6) is 0 Å². The summed E-state index contributed by atoms with van der Waals surface area (Å²) in [6.07, 6.45) is 1.29. The quantitative estimate of drug-likeness (QED) is 0.760. The zero-order valence-electron chi connectivity index (χ0n) is 11.2. The normalized spacial score (nSPS) is 24.1.